The van der Waals surface area contributed by atoms with Crippen LogP contribution in [0.1, 0.15) is 41.7 Å². The smallest absolute Gasteiger partial charge is 0.170 e. The zero-order valence-electron chi connectivity index (χ0n) is 15.9. The lowest BCUT2D eigenvalue weighted by Crippen LogP contribution is -2.29. The van der Waals surface area contributed by atoms with Gasteiger partial charge in [-0.2, -0.15) is 0 Å². The van der Waals surface area contributed by atoms with Gasteiger partial charge in [-0.05, 0) is 68.9 Å². The van der Waals surface area contributed by atoms with Gasteiger partial charge in [-0.1, -0.05) is 24.3 Å². The summed E-state index contributed by atoms with van der Waals surface area (Å²) in [6.07, 6.45) is 1.85. The number of nitrogens with one attached hydrogen (secondary N) is 1. The topological polar surface area (TPSA) is 33.1 Å². The number of para-hydroxylation sites is 1. The molecule has 4 rings (SSSR count). The number of thiocarbonyl (C=S) groups is 1. The van der Waals surface area contributed by atoms with Gasteiger partial charge in [0.15, 0.2) is 5.11 Å². The van der Waals surface area contributed by atoms with Gasteiger partial charge in [-0.3, -0.25) is 4.98 Å². The van der Waals surface area contributed by atoms with Gasteiger partial charge in [-0.15, -0.1) is 0 Å². The number of aromatic nitrogens is 2. The molecule has 2 aromatic heterocycles. The van der Waals surface area contributed by atoms with Crippen molar-refractivity contribution in [2.24, 2.45) is 0 Å². The van der Waals surface area contributed by atoms with E-state index >= 15 is 0 Å². The number of hydrogen-bond donors (Lipinski definition) is 1. The first-order chi connectivity index (χ1) is 13.1. The minimum atomic E-state index is 0.0448. The van der Waals surface area contributed by atoms with Crippen molar-refractivity contribution in [3.05, 3.63) is 83.4 Å². The summed E-state index contributed by atoms with van der Waals surface area (Å²) < 4.78 is 2.32. The van der Waals surface area contributed by atoms with E-state index in [1.165, 1.54) is 22.6 Å². The number of pyridine rings is 1. The largest absolute Gasteiger partial charge is 0.352 e. The van der Waals surface area contributed by atoms with Crippen LogP contribution < -0.4 is 5.32 Å². The van der Waals surface area contributed by atoms with Crippen LogP contribution in [0.5, 0.6) is 0 Å². The molecule has 0 spiro atoms. The van der Waals surface area contributed by atoms with E-state index in [0.717, 1.165) is 17.4 Å². The van der Waals surface area contributed by atoms with Crippen LogP contribution in [-0.2, 0) is 0 Å². The van der Waals surface area contributed by atoms with E-state index in [-0.39, 0.29) is 12.1 Å². The van der Waals surface area contributed by atoms with Gasteiger partial charge in [0.1, 0.15) is 0 Å². The summed E-state index contributed by atoms with van der Waals surface area (Å²) >= 11 is 5.65. The van der Waals surface area contributed by atoms with Gasteiger partial charge in [-0.25, -0.2) is 0 Å². The standard InChI is InChI=1S/C22H24N4S/c1-4-25-21(20(24-22(25)27)19-12-8-9-13-23-19)18-14-15(2)26(16(18)3)17-10-6-5-7-11-17/h5-14,20-21H,4H2,1-3H3,(H,24,27)/t20-,21-/m1/s1. The van der Waals surface area contributed by atoms with Gasteiger partial charge in [0, 0.05) is 29.8 Å². The van der Waals surface area contributed by atoms with Crippen molar-refractivity contribution in [3.8, 4) is 5.69 Å². The van der Waals surface area contributed by atoms with Crippen molar-refractivity contribution in [3.63, 3.8) is 0 Å². The Kier molecular flexibility index (Phi) is 4.70. The van der Waals surface area contributed by atoms with Gasteiger partial charge < -0.3 is 14.8 Å². The normalized spacial score (nSPS) is 19.4. The SMILES string of the molecule is CCN1C(=S)N[C@H](c2ccccn2)[C@H]1c1cc(C)n(-c2ccccc2)c1C. The molecule has 3 heterocycles. The van der Waals surface area contributed by atoms with Gasteiger partial charge in [0.2, 0.25) is 0 Å². The highest BCUT2D eigenvalue weighted by atomic mass is 32.1. The summed E-state index contributed by atoms with van der Waals surface area (Å²) in [5.41, 5.74) is 5.97. The first kappa shape index (κ1) is 17.7. The van der Waals surface area contributed by atoms with Crippen molar-refractivity contribution >= 4 is 17.3 Å². The summed E-state index contributed by atoms with van der Waals surface area (Å²) in [4.78, 5) is 6.87. The van der Waals surface area contributed by atoms with E-state index in [2.05, 4.69) is 76.9 Å². The van der Waals surface area contributed by atoms with Crippen LogP contribution in [-0.4, -0.2) is 26.1 Å². The fourth-order valence-corrected chi connectivity index (χ4v) is 4.52. The first-order valence-electron chi connectivity index (χ1n) is 9.34. The number of likely N-dealkylation sites (N-methyl/N-ethyl adjacent to an activating group) is 1. The molecule has 0 saturated carbocycles. The maximum absolute atomic E-state index is 5.65. The van der Waals surface area contributed by atoms with Crippen molar-refractivity contribution in [1.82, 2.24) is 19.8 Å². The Morgan fingerprint density at radius 1 is 1.07 bits per heavy atom. The highest BCUT2D eigenvalue weighted by Gasteiger charge is 2.40. The highest BCUT2D eigenvalue weighted by Crippen LogP contribution is 2.41. The lowest BCUT2D eigenvalue weighted by Gasteiger charge is -2.27. The molecule has 0 amide bonds. The molecule has 0 bridgehead atoms. The molecule has 0 unspecified atom stereocenters. The minimum absolute atomic E-state index is 0.0448. The second-order valence-electron chi connectivity index (χ2n) is 6.91. The van der Waals surface area contributed by atoms with Crippen molar-refractivity contribution in [1.29, 1.82) is 0 Å². The number of aryl methyl sites for hydroxylation is 1. The predicted octanol–water partition coefficient (Wildman–Crippen LogP) is 4.48. The van der Waals surface area contributed by atoms with Crippen LogP contribution >= 0.6 is 12.2 Å². The quantitative estimate of drug-likeness (QED) is 0.681. The summed E-state index contributed by atoms with van der Waals surface area (Å²) in [5.74, 6) is 0. The predicted molar refractivity (Wildman–Crippen MR) is 113 cm³/mol. The zero-order valence-corrected chi connectivity index (χ0v) is 16.7. The zero-order chi connectivity index (χ0) is 19.0. The Morgan fingerprint density at radius 2 is 1.81 bits per heavy atom. The van der Waals surface area contributed by atoms with Crippen molar-refractivity contribution in [2.75, 3.05) is 6.54 Å². The van der Waals surface area contributed by atoms with Gasteiger partial charge in [0.05, 0.1) is 17.8 Å². The summed E-state index contributed by atoms with van der Waals surface area (Å²) in [5, 5.41) is 4.30. The molecule has 5 heteroatoms. The third-order valence-corrected chi connectivity index (χ3v) is 5.69. The Labute approximate surface area is 165 Å². The molecule has 0 aliphatic carbocycles. The molecule has 0 radical (unpaired) electrons. The van der Waals surface area contributed by atoms with Crippen LogP contribution in [0.2, 0.25) is 0 Å². The molecule has 1 aromatic carbocycles. The van der Waals surface area contributed by atoms with Crippen LogP contribution in [0.25, 0.3) is 5.69 Å². The molecule has 4 nitrogen and oxygen atoms in total. The second kappa shape index (κ2) is 7.16. The first-order valence-corrected chi connectivity index (χ1v) is 9.75. The molecule has 2 atom stereocenters. The summed E-state index contributed by atoms with van der Waals surface area (Å²) in [7, 11) is 0. The van der Waals surface area contributed by atoms with Crippen LogP contribution in [0, 0.1) is 13.8 Å². The third-order valence-electron chi connectivity index (χ3n) is 5.34. The highest BCUT2D eigenvalue weighted by molar-refractivity contribution is 7.80. The van der Waals surface area contributed by atoms with Crippen LogP contribution in [0.4, 0.5) is 0 Å². The van der Waals surface area contributed by atoms with Gasteiger partial charge in [0.25, 0.3) is 0 Å². The number of benzene rings is 1. The fourth-order valence-electron chi connectivity index (χ4n) is 4.15. The Bertz CT molecular complexity index is 949. The molecule has 27 heavy (non-hydrogen) atoms. The van der Waals surface area contributed by atoms with E-state index in [4.69, 9.17) is 12.2 Å². The van der Waals surface area contributed by atoms with E-state index in [1.807, 2.05) is 24.4 Å². The molecular weight excluding hydrogens is 352 g/mol. The Hall–Kier alpha value is -2.66. The Morgan fingerprint density at radius 3 is 2.48 bits per heavy atom. The lowest BCUT2D eigenvalue weighted by atomic mass is 9.97. The molecule has 3 aromatic rings. The minimum Gasteiger partial charge on any atom is -0.352 e. The van der Waals surface area contributed by atoms with E-state index in [1.54, 1.807) is 0 Å². The number of nitrogens with zero attached hydrogens (tertiary/aromatic N) is 3. The summed E-state index contributed by atoms with van der Waals surface area (Å²) in [6.45, 7) is 7.36. The molecule has 1 N–H and O–H groups in total. The molecule has 138 valence electrons. The van der Waals surface area contributed by atoms with E-state index < -0.39 is 0 Å². The van der Waals surface area contributed by atoms with Crippen LogP contribution in [0.3, 0.4) is 0 Å². The maximum atomic E-state index is 5.65. The molecule has 1 aliphatic heterocycles. The number of hydrogen-bond acceptors (Lipinski definition) is 2. The lowest BCUT2D eigenvalue weighted by molar-refractivity contribution is 0.329. The van der Waals surface area contributed by atoms with Crippen molar-refractivity contribution < 1.29 is 0 Å². The van der Waals surface area contributed by atoms with Crippen LogP contribution in [0.15, 0.2) is 60.8 Å². The van der Waals surface area contributed by atoms with E-state index in [0.29, 0.717) is 0 Å². The summed E-state index contributed by atoms with van der Waals surface area (Å²) in [6, 6.07) is 19.0. The second-order valence-corrected chi connectivity index (χ2v) is 7.30. The number of rotatable bonds is 4. The fraction of sp³-hybridized carbons (Fsp3) is 0.273. The molecular formula is C22H24N4S. The monoisotopic (exact) mass is 376 g/mol. The molecule has 1 aliphatic rings. The molecule has 1 saturated heterocycles. The molecule has 1 fully saturated rings. The average Bonchev–Trinajstić information content (AvgIpc) is 3.18. The van der Waals surface area contributed by atoms with Gasteiger partial charge >= 0.3 is 0 Å². The van der Waals surface area contributed by atoms with Crippen molar-refractivity contribution in [2.45, 2.75) is 32.9 Å². The maximum Gasteiger partial charge on any atom is 0.170 e. The van der Waals surface area contributed by atoms with E-state index in [9.17, 15) is 0 Å². The average molecular weight is 377 g/mol. The third kappa shape index (κ3) is 3.02. The Balaban J connectivity index is 1.84.